The van der Waals surface area contributed by atoms with Crippen molar-refractivity contribution in [3.05, 3.63) is 48.0 Å². The molecule has 3 aromatic rings. The van der Waals surface area contributed by atoms with Crippen LogP contribution in [0.1, 0.15) is 25.3 Å². The second kappa shape index (κ2) is 8.31. The van der Waals surface area contributed by atoms with Crippen LogP contribution in [-0.4, -0.2) is 28.1 Å². The number of alkyl halides is 3. The van der Waals surface area contributed by atoms with Crippen molar-refractivity contribution < 1.29 is 23.0 Å². The van der Waals surface area contributed by atoms with Crippen molar-refractivity contribution in [2.24, 2.45) is 0 Å². The number of hydrogen-bond donors (Lipinski definition) is 1. The fourth-order valence-corrected chi connectivity index (χ4v) is 4.30. The Kier molecular flexibility index (Phi) is 6.21. The van der Waals surface area contributed by atoms with Crippen LogP contribution in [0.3, 0.4) is 0 Å². The summed E-state index contributed by atoms with van der Waals surface area (Å²) in [4.78, 5) is 5.60. The highest BCUT2D eigenvalue weighted by atomic mass is 32.2. The van der Waals surface area contributed by atoms with Gasteiger partial charge in [-0.2, -0.15) is 13.2 Å². The second-order valence-corrected chi connectivity index (χ2v) is 8.26. The zero-order valence-corrected chi connectivity index (χ0v) is 17.0. The third kappa shape index (κ3) is 4.45. The summed E-state index contributed by atoms with van der Waals surface area (Å²) in [6.07, 6.45) is -3.25. The highest BCUT2D eigenvalue weighted by molar-refractivity contribution is 7.98. The van der Waals surface area contributed by atoms with Gasteiger partial charge in [-0.05, 0) is 55.3 Å². The number of benzene rings is 2. The number of thioether (sulfide) groups is 1. The number of halogens is 3. The summed E-state index contributed by atoms with van der Waals surface area (Å²) in [5, 5.41) is 10.3. The van der Waals surface area contributed by atoms with Gasteiger partial charge in [0, 0.05) is 4.90 Å². The molecule has 1 aromatic heterocycles. The molecule has 3 nitrogen and oxygen atoms in total. The largest absolute Gasteiger partial charge is 0.431 e. The van der Waals surface area contributed by atoms with Gasteiger partial charge in [-0.15, -0.1) is 11.8 Å². The molecule has 1 atom stereocenters. The molecule has 1 heterocycles. The molecule has 0 spiro atoms. The normalized spacial score (nSPS) is 14.2. The van der Waals surface area contributed by atoms with Crippen molar-refractivity contribution in [1.29, 1.82) is 0 Å². The minimum absolute atomic E-state index is 0.127. The lowest BCUT2D eigenvalue weighted by atomic mass is 9.92. The Balaban J connectivity index is 1.68. The number of aryl methyl sites for hydroxylation is 1. The van der Waals surface area contributed by atoms with Crippen LogP contribution in [0.5, 0.6) is 10.9 Å². The van der Waals surface area contributed by atoms with E-state index in [-0.39, 0.29) is 19.3 Å². The maximum atomic E-state index is 13.0. The first-order valence-corrected chi connectivity index (χ1v) is 10.8. The lowest BCUT2D eigenvalue weighted by Gasteiger charge is -2.29. The molecule has 0 radical (unpaired) electrons. The number of ether oxygens (including phenoxy) is 1. The van der Waals surface area contributed by atoms with E-state index in [2.05, 4.69) is 4.98 Å². The van der Waals surface area contributed by atoms with Crippen molar-refractivity contribution >= 4 is 33.3 Å². The Labute approximate surface area is 169 Å². The van der Waals surface area contributed by atoms with Crippen LogP contribution in [0.25, 0.3) is 10.2 Å². The van der Waals surface area contributed by atoms with Gasteiger partial charge in [0.1, 0.15) is 5.75 Å². The standard InChI is InChI=1S/C20H20F3NO2S2/c1-3-19(25,20(21,22)23)12-11-13-7-9-14(10-8-13)26-18-24-17-15(27-2)5-4-6-16(17)28-18/h4-10,25H,3,11-12H2,1-2H3. The van der Waals surface area contributed by atoms with Crippen molar-refractivity contribution in [1.82, 2.24) is 4.98 Å². The quantitative estimate of drug-likeness (QED) is 0.440. The molecule has 0 aliphatic rings. The molecule has 0 aliphatic heterocycles. The van der Waals surface area contributed by atoms with Gasteiger partial charge in [0.05, 0.1) is 10.2 Å². The minimum atomic E-state index is -4.63. The van der Waals surface area contributed by atoms with Crippen molar-refractivity contribution in [2.45, 2.75) is 42.9 Å². The van der Waals surface area contributed by atoms with E-state index in [4.69, 9.17) is 4.74 Å². The SMILES string of the molecule is CCC(O)(CCc1ccc(Oc2nc3c(SC)cccc3s2)cc1)C(F)(F)F. The van der Waals surface area contributed by atoms with Crippen LogP contribution >= 0.6 is 23.1 Å². The number of para-hydroxylation sites is 1. The fraction of sp³-hybridized carbons (Fsp3) is 0.350. The van der Waals surface area contributed by atoms with E-state index < -0.39 is 11.8 Å². The number of rotatable bonds is 7. The molecule has 0 aliphatic carbocycles. The van der Waals surface area contributed by atoms with Gasteiger partial charge < -0.3 is 9.84 Å². The van der Waals surface area contributed by atoms with Gasteiger partial charge in [-0.1, -0.05) is 36.5 Å². The maximum Gasteiger partial charge on any atom is 0.417 e. The van der Waals surface area contributed by atoms with E-state index in [9.17, 15) is 18.3 Å². The summed E-state index contributed by atoms with van der Waals surface area (Å²) in [7, 11) is 0. The molecule has 0 fully saturated rings. The van der Waals surface area contributed by atoms with E-state index in [1.807, 2.05) is 24.5 Å². The van der Waals surface area contributed by atoms with Crippen LogP contribution in [0.15, 0.2) is 47.4 Å². The first-order chi connectivity index (χ1) is 13.3. The average molecular weight is 428 g/mol. The number of thiazole rings is 1. The Hall–Kier alpha value is -1.77. The lowest BCUT2D eigenvalue weighted by molar-refractivity contribution is -0.263. The molecule has 0 saturated heterocycles. The molecule has 1 unspecified atom stereocenters. The number of hydrogen-bond acceptors (Lipinski definition) is 5. The molecule has 0 saturated carbocycles. The summed E-state index contributed by atoms with van der Waals surface area (Å²) in [6.45, 7) is 1.34. The zero-order valence-electron chi connectivity index (χ0n) is 15.4. The Morgan fingerprint density at radius 1 is 1.14 bits per heavy atom. The Morgan fingerprint density at radius 3 is 2.46 bits per heavy atom. The molecule has 0 amide bonds. The maximum absolute atomic E-state index is 13.0. The first kappa shape index (κ1) is 21.0. The molecule has 28 heavy (non-hydrogen) atoms. The van der Waals surface area contributed by atoms with Gasteiger partial charge in [-0.3, -0.25) is 0 Å². The van der Waals surface area contributed by atoms with Crippen LogP contribution in [0.4, 0.5) is 13.2 Å². The summed E-state index contributed by atoms with van der Waals surface area (Å²) >= 11 is 3.06. The van der Waals surface area contributed by atoms with Gasteiger partial charge in [0.25, 0.3) is 5.19 Å². The van der Waals surface area contributed by atoms with E-state index >= 15 is 0 Å². The van der Waals surface area contributed by atoms with Gasteiger partial charge in [0.15, 0.2) is 5.60 Å². The van der Waals surface area contributed by atoms with E-state index in [1.54, 1.807) is 36.0 Å². The number of nitrogens with zero attached hydrogens (tertiary/aromatic N) is 1. The Morgan fingerprint density at radius 2 is 1.86 bits per heavy atom. The predicted octanol–water partition coefficient (Wildman–Crippen LogP) is 6.45. The highest BCUT2D eigenvalue weighted by Crippen LogP contribution is 2.37. The van der Waals surface area contributed by atoms with Gasteiger partial charge >= 0.3 is 6.18 Å². The third-order valence-corrected chi connectivity index (χ3v) is 6.32. The molecule has 2 aromatic carbocycles. The predicted molar refractivity (Wildman–Crippen MR) is 108 cm³/mol. The fourth-order valence-electron chi connectivity index (χ4n) is 2.81. The van der Waals surface area contributed by atoms with Crippen molar-refractivity contribution in [3.63, 3.8) is 0 Å². The summed E-state index contributed by atoms with van der Waals surface area (Å²) in [5.74, 6) is 0.565. The van der Waals surface area contributed by atoms with Crippen LogP contribution in [0.2, 0.25) is 0 Å². The zero-order chi connectivity index (χ0) is 20.4. The van der Waals surface area contributed by atoms with E-state index in [0.29, 0.717) is 16.5 Å². The van der Waals surface area contributed by atoms with Gasteiger partial charge in [0.2, 0.25) is 0 Å². The smallest absolute Gasteiger partial charge is 0.417 e. The number of fused-ring (bicyclic) bond motifs is 1. The molecule has 8 heteroatoms. The molecule has 150 valence electrons. The lowest BCUT2D eigenvalue weighted by Crippen LogP contribution is -2.44. The summed E-state index contributed by atoms with van der Waals surface area (Å²) < 4.78 is 45.8. The van der Waals surface area contributed by atoms with Crippen LogP contribution in [0, 0.1) is 0 Å². The minimum Gasteiger partial charge on any atom is -0.431 e. The summed E-state index contributed by atoms with van der Waals surface area (Å²) in [5.41, 5.74) is -1.05. The molecule has 0 bridgehead atoms. The number of aromatic nitrogens is 1. The Bertz CT molecular complexity index is 941. The third-order valence-electron chi connectivity index (χ3n) is 4.65. The van der Waals surface area contributed by atoms with Crippen molar-refractivity contribution in [2.75, 3.05) is 6.26 Å². The molecule has 3 rings (SSSR count). The second-order valence-electron chi connectivity index (χ2n) is 6.42. The van der Waals surface area contributed by atoms with Crippen LogP contribution < -0.4 is 4.74 Å². The monoisotopic (exact) mass is 427 g/mol. The molecule has 1 N–H and O–H groups in total. The van der Waals surface area contributed by atoms with Crippen LogP contribution in [-0.2, 0) is 6.42 Å². The molecular formula is C20H20F3NO2S2. The average Bonchev–Trinajstić information content (AvgIpc) is 3.08. The summed E-state index contributed by atoms with van der Waals surface area (Å²) in [6, 6.07) is 12.8. The van der Waals surface area contributed by atoms with Crippen molar-refractivity contribution in [3.8, 4) is 10.9 Å². The topological polar surface area (TPSA) is 42.4 Å². The number of aliphatic hydroxyl groups is 1. The van der Waals surface area contributed by atoms with E-state index in [1.165, 1.54) is 18.3 Å². The van der Waals surface area contributed by atoms with E-state index in [0.717, 1.165) is 15.1 Å². The first-order valence-electron chi connectivity index (χ1n) is 8.75. The highest BCUT2D eigenvalue weighted by Gasteiger charge is 2.51. The molecular weight excluding hydrogens is 407 g/mol. The van der Waals surface area contributed by atoms with Gasteiger partial charge in [-0.25, -0.2) is 4.98 Å².